The van der Waals surface area contributed by atoms with Crippen molar-refractivity contribution in [2.24, 2.45) is 10.9 Å². The average Bonchev–Trinajstić information content (AvgIpc) is 3.20. The quantitative estimate of drug-likeness (QED) is 0.748. The molecule has 0 aliphatic carbocycles. The smallest absolute Gasteiger partial charge is 0.274 e. The van der Waals surface area contributed by atoms with Gasteiger partial charge >= 0.3 is 0 Å². The van der Waals surface area contributed by atoms with Crippen molar-refractivity contribution in [3.8, 4) is 6.07 Å². The molecule has 3 rings (SSSR count). The maximum atomic E-state index is 12.6. The van der Waals surface area contributed by atoms with Gasteiger partial charge in [-0.25, -0.2) is 9.98 Å². The van der Waals surface area contributed by atoms with Crippen LogP contribution in [-0.2, 0) is 17.8 Å². The molecule has 1 aliphatic rings. The first-order valence-electron chi connectivity index (χ1n) is 7.95. The number of nitrogens with zero attached hydrogens (tertiary/aromatic N) is 5. The maximum absolute atomic E-state index is 12.6. The Hall–Kier alpha value is -2.85. The van der Waals surface area contributed by atoms with Crippen LogP contribution in [0.1, 0.15) is 18.1 Å². The highest BCUT2D eigenvalue weighted by molar-refractivity contribution is 7.80. The summed E-state index contributed by atoms with van der Waals surface area (Å²) in [6.07, 6.45) is 5.80. The predicted octanol–water partition coefficient (Wildman–Crippen LogP) is 2.20. The Balaban J connectivity index is 1.62. The minimum atomic E-state index is -0.133. The number of nitriles is 1. The molecule has 1 aromatic heterocycles. The van der Waals surface area contributed by atoms with E-state index in [9.17, 15) is 4.79 Å². The van der Waals surface area contributed by atoms with Gasteiger partial charge in [-0.3, -0.25) is 9.69 Å². The highest BCUT2D eigenvalue weighted by Crippen LogP contribution is 2.15. The van der Waals surface area contributed by atoms with Crippen molar-refractivity contribution in [2.75, 3.05) is 6.54 Å². The van der Waals surface area contributed by atoms with E-state index in [2.05, 4.69) is 23.0 Å². The highest BCUT2D eigenvalue weighted by Gasteiger charge is 2.31. The van der Waals surface area contributed by atoms with Crippen LogP contribution in [0.15, 0.2) is 48.0 Å². The summed E-state index contributed by atoms with van der Waals surface area (Å²) in [5.41, 5.74) is 1.97. The standard InChI is InChI=1S/C18H17N5OS/c1-13(10-22-7-6-20-12-22)11-23-17(24)16(21-18(23)25)8-14-2-4-15(9-19)5-3-14/h2-7,12-13H,8,10-11H2,1H3. The number of amides is 1. The van der Waals surface area contributed by atoms with E-state index in [0.717, 1.165) is 12.1 Å². The van der Waals surface area contributed by atoms with E-state index in [-0.39, 0.29) is 11.8 Å². The van der Waals surface area contributed by atoms with E-state index in [1.165, 1.54) is 0 Å². The lowest BCUT2D eigenvalue weighted by molar-refractivity contribution is -0.120. The van der Waals surface area contributed by atoms with Crippen LogP contribution >= 0.6 is 12.2 Å². The number of hydrogen-bond acceptors (Lipinski definition) is 4. The summed E-state index contributed by atoms with van der Waals surface area (Å²) >= 11 is 5.27. The zero-order valence-corrected chi connectivity index (χ0v) is 14.6. The summed E-state index contributed by atoms with van der Waals surface area (Å²) in [7, 11) is 0. The Morgan fingerprint density at radius 1 is 1.28 bits per heavy atom. The lowest BCUT2D eigenvalue weighted by Crippen LogP contribution is -2.37. The molecule has 2 aromatic rings. The topological polar surface area (TPSA) is 74.3 Å². The summed E-state index contributed by atoms with van der Waals surface area (Å²) in [5, 5.41) is 9.17. The van der Waals surface area contributed by atoms with Gasteiger partial charge in [-0.2, -0.15) is 5.26 Å². The monoisotopic (exact) mass is 351 g/mol. The summed E-state index contributed by atoms with van der Waals surface area (Å²) in [4.78, 5) is 22.5. The van der Waals surface area contributed by atoms with Gasteiger partial charge in [-0.05, 0) is 35.8 Å². The van der Waals surface area contributed by atoms with E-state index >= 15 is 0 Å². The predicted molar refractivity (Wildman–Crippen MR) is 98.0 cm³/mol. The number of imidazole rings is 1. The molecule has 1 atom stereocenters. The summed E-state index contributed by atoms with van der Waals surface area (Å²) < 4.78 is 1.98. The zero-order valence-electron chi connectivity index (χ0n) is 13.8. The Morgan fingerprint density at radius 2 is 2.04 bits per heavy atom. The fourth-order valence-electron chi connectivity index (χ4n) is 2.76. The van der Waals surface area contributed by atoms with Crippen LogP contribution in [0.3, 0.4) is 0 Å². The van der Waals surface area contributed by atoms with Crippen LogP contribution in [0.4, 0.5) is 0 Å². The van der Waals surface area contributed by atoms with Crippen LogP contribution in [-0.4, -0.2) is 37.7 Å². The van der Waals surface area contributed by atoms with Crippen LogP contribution in [0, 0.1) is 17.2 Å². The van der Waals surface area contributed by atoms with Gasteiger partial charge in [0.05, 0.1) is 18.0 Å². The third-order valence-electron chi connectivity index (χ3n) is 3.98. The number of benzene rings is 1. The molecular weight excluding hydrogens is 334 g/mol. The molecule has 0 spiro atoms. The molecule has 1 amide bonds. The molecule has 0 N–H and O–H groups in total. The third kappa shape index (κ3) is 3.98. The molecule has 0 fully saturated rings. The van der Waals surface area contributed by atoms with E-state index in [1.54, 1.807) is 29.6 Å². The van der Waals surface area contributed by atoms with Crippen molar-refractivity contribution >= 4 is 28.9 Å². The molecule has 0 bridgehead atoms. The van der Waals surface area contributed by atoms with Crippen LogP contribution in [0.5, 0.6) is 0 Å². The van der Waals surface area contributed by atoms with E-state index < -0.39 is 0 Å². The SMILES string of the molecule is CC(CN1C(=O)C(Cc2ccc(C#N)cc2)=NC1=S)Cn1ccnc1. The lowest BCUT2D eigenvalue weighted by Gasteiger charge is -2.20. The molecule has 126 valence electrons. The number of aliphatic imine (C=N–C) groups is 1. The summed E-state index contributed by atoms with van der Waals surface area (Å²) in [5.74, 6) is 0.0902. The zero-order chi connectivity index (χ0) is 17.8. The molecule has 0 saturated carbocycles. The van der Waals surface area contributed by atoms with E-state index in [0.29, 0.717) is 29.4 Å². The molecular formula is C18H17N5OS. The average molecular weight is 351 g/mol. The lowest BCUT2D eigenvalue weighted by atomic mass is 10.1. The van der Waals surface area contributed by atoms with Crippen LogP contribution in [0.2, 0.25) is 0 Å². The van der Waals surface area contributed by atoms with Crippen molar-refractivity contribution in [1.29, 1.82) is 5.26 Å². The van der Waals surface area contributed by atoms with Gasteiger partial charge in [0.2, 0.25) is 5.11 Å². The van der Waals surface area contributed by atoms with E-state index in [4.69, 9.17) is 17.5 Å². The van der Waals surface area contributed by atoms with Crippen LogP contribution in [0.25, 0.3) is 0 Å². The minimum Gasteiger partial charge on any atom is -0.337 e. The Bertz CT molecular complexity index is 849. The maximum Gasteiger partial charge on any atom is 0.274 e. The summed E-state index contributed by atoms with van der Waals surface area (Å²) in [6, 6.07) is 9.22. The van der Waals surface area contributed by atoms with Gasteiger partial charge in [-0.1, -0.05) is 19.1 Å². The van der Waals surface area contributed by atoms with Crippen molar-refractivity contribution in [3.05, 3.63) is 54.1 Å². The van der Waals surface area contributed by atoms with Gasteiger partial charge in [0.1, 0.15) is 5.71 Å². The normalized spacial score (nSPS) is 15.2. The number of carbonyl (C=O) groups is 1. The molecule has 7 heteroatoms. The Labute approximate surface area is 151 Å². The first-order chi connectivity index (χ1) is 12.1. The second-order valence-electron chi connectivity index (χ2n) is 6.11. The Morgan fingerprint density at radius 3 is 2.68 bits per heavy atom. The molecule has 0 radical (unpaired) electrons. The minimum absolute atomic E-state index is 0.133. The number of aromatic nitrogens is 2. The van der Waals surface area contributed by atoms with E-state index in [1.807, 2.05) is 22.9 Å². The fraction of sp³-hybridized carbons (Fsp3) is 0.278. The van der Waals surface area contributed by atoms with Gasteiger partial charge in [-0.15, -0.1) is 0 Å². The van der Waals surface area contributed by atoms with Crippen LogP contribution < -0.4 is 0 Å². The highest BCUT2D eigenvalue weighted by atomic mass is 32.1. The molecule has 25 heavy (non-hydrogen) atoms. The van der Waals surface area contributed by atoms with Gasteiger partial charge in [0.15, 0.2) is 0 Å². The first kappa shape index (κ1) is 17.0. The number of thiocarbonyl (C=S) groups is 1. The fourth-order valence-corrected chi connectivity index (χ4v) is 3.02. The van der Waals surface area contributed by atoms with Crippen molar-refractivity contribution in [3.63, 3.8) is 0 Å². The molecule has 1 unspecified atom stereocenters. The Kier molecular flexibility index (Phi) is 5.00. The number of carbonyl (C=O) groups excluding carboxylic acids is 1. The summed E-state index contributed by atoms with van der Waals surface area (Å²) in [6.45, 7) is 3.35. The first-order valence-corrected chi connectivity index (χ1v) is 8.36. The van der Waals surface area contributed by atoms with Crippen molar-refractivity contribution in [2.45, 2.75) is 19.9 Å². The molecule has 1 aromatic carbocycles. The third-order valence-corrected chi connectivity index (χ3v) is 4.30. The van der Waals surface area contributed by atoms with Gasteiger partial charge in [0, 0.05) is 31.9 Å². The van der Waals surface area contributed by atoms with Crippen molar-refractivity contribution < 1.29 is 4.79 Å². The number of rotatable bonds is 6. The largest absolute Gasteiger partial charge is 0.337 e. The molecule has 6 nitrogen and oxygen atoms in total. The second-order valence-corrected chi connectivity index (χ2v) is 6.47. The molecule has 0 saturated heterocycles. The number of hydrogen-bond donors (Lipinski definition) is 0. The van der Waals surface area contributed by atoms with Gasteiger partial charge < -0.3 is 4.57 Å². The molecule has 2 heterocycles. The van der Waals surface area contributed by atoms with Gasteiger partial charge in [0.25, 0.3) is 5.91 Å². The second kappa shape index (κ2) is 7.36. The van der Waals surface area contributed by atoms with Crippen molar-refractivity contribution in [1.82, 2.24) is 14.5 Å². The molecule has 1 aliphatic heterocycles.